The van der Waals surface area contributed by atoms with E-state index < -0.39 is 0 Å². The van der Waals surface area contributed by atoms with Crippen molar-refractivity contribution in [3.8, 4) is 5.75 Å². The van der Waals surface area contributed by atoms with E-state index >= 15 is 0 Å². The number of hydrogen-bond donors (Lipinski definition) is 1. The van der Waals surface area contributed by atoms with Gasteiger partial charge in [-0.3, -0.25) is 9.59 Å². The number of amides is 1. The van der Waals surface area contributed by atoms with E-state index in [4.69, 9.17) is 4.74 Å². The largest absolute Gasteiger partial charge is 0.497 e. The van der Waals surface area contributed by atoms with Crippen LogP contribution >= 0.6 is 0 Å². The molecule has 4 rings (SSSR count). The number of rotatable bonds is 5. The molecule has 0 spiro atoms. The maximum Gasteiger partial charge on any atom is 0.274 e. The molecule has 1 aromatic heterocycles. The van der Waals surface area contributed by atoms with E-state index in [-0.39, 0.29) is 23.2 Å². The Morgan fingerprint density at radius 3 is 2.47 bits per heavy atom. The van der Waals surface area contributed by atoms with E-state index in [1.54, 1.807) is 31.4 Å². The summed E-state index contributed by atoms with van der Waals surface area (Å²) in [6.07, 6.45) is 0. The van der Waals surface area contributed by atoms with Gasteiger partial charge < -0.3 is 10.1 Å². The van der Waals surface area contributed by atoms with E-state index in [1.807, 2.05) is 50.2 Å². The van der Waals surface area contributed by atoms with Crippen molar-refractivity contribution < 1.29 is 9.53 Å². The molecule has 0 aliphatic heterocycles. The minimum atomic E-state index is -0.310. The SMILES string of the molecule is COc1ccc2cc(CNC(=O)c3nn(C(C)C)c(=O)c4ccccc34)ccc2c1. The van der Waals surface area contributed by atoms with Crippen LogP contribution in [0, 0.1) is 0 Å². The lowest BCUT2D eigenvalue weighted by Gasteiger charge is -2.13. The number of ether oxygens (including phenoxy) is 1. The van der Waals surface area contributed by atoms with Gasteiger partial charge in [0.15, 0.2) is 5.69 Å². The Balaban J connectivity index is 1.63. The number of aromatic nitrogens is 2. The number of carbonyl (C=O) groups excluding carboxylic acids is 1. The quantitative estimate of drug-likeness (QED) is 0.547. The number of hydrogen-bond acceptors (Lipinski definition) is 4. The molecule has 0 bridgehead atoms. The second-order valence-electron chi connectivity index (χ2n) is 7.47. The van der Waals surface area contributed by atoms with E-state index in [0.717, 1.165) is 22.1 Å². The minimum absolute atomic E-state index is 0.147. The fraction of sp³-hybridized carbons (Fsp3) is 0.208. The van der Waals surface area contributed by atoms with Crippen LogP contribution in [-0.2, 0) is 6.54 Å². The van der Waals surface area contributed by atoms with Gasteiger partial charge in [0.25, 0.3) is 11.5 Å². The van der Waals surface area contributed by atoms with Crippen LogP contribution < -0.4 is 15.6 Å². The molecule has 1 heterocycles. The van der Waals surface area contributed by atoms with Crippen molar-refractivity contribution in [3.05, 3.63) is 82.3 Å². The van der Waals surface area contributed by atoms with Gasteiger partial charge in [-0.2, -0.15) is 5.10 Å². The fourth-order valence-electron chi connectivity index (χ4n) is 3.50. The van der Waals surface area contributed by atoms with Gasteiger partial charge in [0, 0.05) is 11.9 Å². The third-order valence-corrected chi connectivity index (χ3v) is 5.10. The summed E-state index contributed by atoms with van der Waals surface area (Å²) in [5.74, 6) is 0.497. The van der Waals surface area contributed by atoms with Crippen LogP contribution in [0.2, 0.25) is 0 Å². The summed E-state index contributed by atoms with van der Waals surface area (Å²) in [6, 6.07) is 18.8. The number of fused-ring (bicyclic) bond motifs is 2. The van der Waals surface area contributed by atoms with Gasteiger partial charge >= 0.3 is 0 Å². The molecule has 6 nitrogen and oxygen atoms in total. The van der Waals surface area contributed by atoms with Gasteiger partial charge in [0.2, 0.25) is 0 Å². The van der Waals surface area contributed by atoms with E-state index in [2.05, 4.69) is 10.4 Å². The summed E-state index contributed by atoms with van der Waals surface area (Å²) in [6.45, 7) is 4.10. The molecule has 30 heavy (non-hydrogen) atoms. The van der Waals surface area contributed by atoms with Crippen molar-refractivity contribution in [2.45, 2.75) is 26.4 Å². The van der Waals surface area contributed by atoms with Crippen LogP contribution in [0.1, 0.15) is 35.9 Å². The summed E-state index contributed by atoms with van der Waals surface area (Å²) in [4.78, 5) is 25.6. The fourth-order valence-corrected chi connectivity index (χ4v) is 3.50. The van der Waals surface area contributed by atoms with Crippen molar-refractivity contribution in [3.63, 3.8) is 0 Å². The van der Waals surface area contributed by atoms with Crippen molar-refractivity contribution in [2.24, 2.45) is 0 Å². The van der Waals surface area contributed by atoms with Gasteiger partial charge in [0.1, 0.15) is 5.75 Å². The molecule has 152 valence electrons. The van der Waals surface area contributed by atoms with Crippen molar-refractivity contribution in [2.75, 3.05) is 7.11 Å². The molecular formula is C24H23N3O3. The molecular weight excluding hydrogens is 378 g/mol. The van der Waals surface area contributed by atoms with Gasteiger partial charge in [-0.15, -0.1) is 0 Å². The zero-order valence-corrected chi connectivity index (χ0v) is 17.2. The van der Waals surface area contributed by atoms with Gasteiger partial charge in [-0.25, -0.2) is 4.68 Å². The number of carbonyl (C=O) groups is 1. The summed E-state index contributed by atoms with van der Waals surface area (Å²) in [7, 11) is 1.64. The molecule has 1 N–H and O–H groups in total. The highest BCUT2D eigenvalue weighted by Gasteiger charge is 2.17. The van der Waals surface area contributed by atoms with Crippen molar-refractivity contribution >= 4 is 27.5 Å². The highest BCUT2D eigenvalue weighted by molar-refractivity contribution is 6.04. The lowest BCUT2D eigenvalue weighted by Crippen LogP contribution is -2.31. The first-order chi connectivity index (χ1) is 14.5. The van der Waals surface area contributed by atoms with Crippen LogP contribution in [0.25, 0.3) is 21.5 Å². The lowest BCUT2D eigenvalue weighted by atomic mass is 10.1. The summed E-state index contributed by atoms with van der Waals surface area (Å²) >= 11 is 0. The first-order valence-electron chi connectivity index (χ1n) is 9.84. The molecule has 3 aromatic carbocycles. The zero-order valence-electron chi connectivity index (χ0n) is 17.2. The second-order valence-corrected chi connectivity index (χ2v) is 7.47. The standard InChI is InChI=1S/C24H23N3O3/c1-15(2)27-24(29)21-7-5-4-6-20(21)22(26-27)23(28)25-14-16-8-9-18-13-19(30-3)11-10-17(18)12-16/h4-13,15H,14H2,1-3H3,(H,25,28). The number of nitrogens with zero attached hydrogens (tertiary/aromatic N) is 2. The smallest absolute Gasteiger partial charge is 0.274 e. The highest BCUT2D eigenvalue weighted by Crippen LogP contribution is 2.22. The van der Waals surface area contributed by atoms with Crippen LogP contribution in [0.4, 0.5) is 0 Å². The van der Waals surface area contributed by atoms with Crippen LogP contribution in [-0.4, -0.2) is 22.8 Å². The molecule has 0 aliphatic carbocycles. The highest BCUT2D eigenvalue weighted by atomic mass is 16.5. The molecule has 0 radical (unpaired) electrons. The summed E-state index contributed by atoms with van der Waals surface area (Å²) in [5, 5.41) is 10.5. The third-order valence-electron chi connectivity index (χ3n) is 5.10. The molecule has 0 atom stereocenters. The number of benzene rings is 3. The molecule has 6 heteroatoms. The number of nitrogens with one attached hydrogen (secondary N) is 1. The van der Waals surface area contributed by atoms with Crippen molar-refractivity contribution in [1.82, 2.24) is 15.1 Å². The second kappa shape index (κ2) is 7.99. The van der Waals surface area contributed by atoms with E-state index in [0.29, 0.717) is 17.3 Å². The Hall–Kier alpha value is -3.67. The van der Waals surface area contributed by atoms with Crippen LogP contribution in [0.3, 0.4) is 0 Å². The topological polar surface area (TPSA) is 73.2 Å². The Morgan fingerprint density at radius 1 is 1.03 bits per heavy atom. The van der Waals surface area contributed by atoms with E-state index in [1.165, 1.54) is 4.68 Å². The van der Waals surface area contributed by atoms with Gasteiger partial charge in [-0.05, 0) is 54.4 Å². The van der Waals surface area contributed by atoms with Crippen LogP contribution in [0.15, 0.2) is 65.5 Å². The van der Waals surface area contributed by atoms with E-state index in [9.17, 15) is 9.59 Å². The van der Waals surface area contributed by atoms with Crippen molar-refractivity contribution in [1.29, 1.82) is 0 Å². The minimum Gasteiger partial charge on any atom is -0.497 e. The maximum absolute atomic E-state index is 13.0. The predicted molar refractivity (Wildman–Crippen MR) is 118 cm³/mol. The van der Waals surface area contributed by atoms with Gasteiger partial charge in [-0.1, -0.05) is 36.4 Å². The van der Waals surface area contributed by atoms with Crippen LogP contribution in [0.5, 0.6) is 5.75 Å². The normalized spacial score (nSPS) is 11.2. The average molecular weight is 401 g/mol. The van der Waals surface area contributed by atoms with Gasteiger partial charge in [0.05, 0.1) is 18.5 Å². The zero-order chi connectivity index (χ0) is 21.3. The predicted octanol–water partition coefficient (Wildman–Crippen LogP) is 4.07. The molecule has 4 aromatic rings. The summed E-state index contributed by atoms with van der Waals surface area (Å²) in [5.41, 5.74) is 1.04. The Morgan fingerprint density at radius 2 is 1.73 bits per heavy atom. The lowest BCUT2D eigenvalue weighted by molar-refractivity contribution is 0.0945. The average Bonchev–Trinajstić information content (AvgIpc) is 2.77. The molecule has 0 fully saturated rings. The molecule has 0 unspecified atom stereocenters. The molecule has 0 saturated carbocycles. The Bertz CT molecular complexity index is 1310. The monoisotopic (exact) mass is 401 g/mol. The first-order valence-corrected chi connectivity index (χ1v) is 9.84. The molecule has 0 saturated heterocycles. The summed E-state index contributed by atoms with van der Waals surface area (Å²) < 4.78 is 6.62. The molecule has 0 aliphatic rings. The molecule has 1 amide bonds. The maximum atomic E-state index is 13.0. The Kier molecular flexibility index (Phi) is 5.23. The first kappa shape index (κ1) is 19.6. The number of methoxy groups -OCH3 is 1. The third kappa shape index (κ3) is 3.64. The Labute approximate surface area is 174 Å².